The van der Waals surface area contributed by atoms with Crippen LogP contribution in [0.3, 0.4) is 0 Å². The van der Waals surface area contributed by atoms with Gasteiger partial charge in [0, 0.05) is 6.54 Å². The predicted molar refractivity (Wildman–Crippen MR) is 44.6 cm³/mol. The van der Waals surface area contributed by atoms with Gasteiger partial charge in [0.1, 0.15) is 0 Å². The first-order valence-corrected chi connectivity index (χ1v) is 4.93. The molecule has 1 aliphatic rings. The first kappa shape index (κ1) is 11.1. The molecule has 0 aliphatic carbocycles. The topological polar surface area (TPSA) is 96.3 Å². The van der Waals surface area contributed by atoms with Crippen molar-refractivity contribution in [3.8, 4) is 0 Å². The normalized spacial score (nSPS) is 27.3. The summed E-state index contributed by atoms with van der Waals surface area (Å²) in [7, 11) is -2.80. The van der Waals surface area contributed by atoms with Gasteiger partial charge in [0.25, 0.3) is 0 Å². The SMILES string of the molecule is CC1(O)CCN(OC(=O)N=S(=O)=O)C1. The molecule has 1 fully saturated rings. The van der Waals surface area contributed by atoms with Gasteiger partial charge in [-0.3, -0.25) is 0 Å². The fourth-order valence-electron chi connectivity index (χ4n) is 1.17. The molecule has 1 atom stereocenters. The summed E-state index contributed by atoms with van der Waals surface area (Å²) >= 11 is 0. The van der Waals surface area contributed by atoms with Crippen molar-refractivity contribution in [2.75, 3.05) is 13.1 Å². The van der Waals surface area contributed by atoms with Crippen molar-refractivity contribution in [1.82, 2.24) is 5.06 Å². The Morgan fingerprint density at radius 1 is 1.64 bits per heavy atom. The van der Waals surface area contributed by atoms with E-state index in [4.69, 9.17) is 0 Å². The number of nitrogens with zero attached hydrogens (tertiary/aromatic N) is 2. The molecule has 1 amide bonds. The van der Waals surface area contributed by atoms with Crippen molar-refractivity contribution in [2.45, 2.75) is 18.9 Å². The highest BCUT2D eigenvalue weighted by molar-refractivity contribution is 7.62. The van der Waals surface area contributed by atoms with Crippen LogP contribution in [0.2, 0.25) is 0 Å². The zero-order chi connectivity index (χ0) is 10.8. The van der Waals surface area contributed by atoms with Gasteiger partial charge in [-0.1, -0.05) is 4.36 Å². The van der Waals surface area contributed by atoms with Crippen LogP contribution < -0.4 is 0 Å². The molecule has 80 valence electrons. The highest BCUT2D eigenvalue weighted by Crippen LogP contribution is 2.20. The van der Waals surface area contributed by atoms with Crippen molar-refractivity contribution in [3.05, 3.63) is 0 Å². The Balaban J connectivity index is 2.48. The Hall–Kier alpha value is -0.990. The third-order valence-electron chi connectivity index (χ3n) is 1.77. The van der Waals surface area contributed by atoms with Crippen LogP contribution in [0.1, 0.15) is 13.3 Å². The van der Waals surface area contributed by atoms with Crippen molar-refractivity contribution in [1.29, 1.82) is 0 Å². The highest BCUT2D eigenvalue weighted by atomic mass is 32.2. The van der Waals surface area contributed by atoms with Gasteiger partial charge in [0.2, 0.25) is 0 Å². The Morgan fingerprint density at radius 3 is 2.71 bits per heavy atom. The molecule has 14 heavy (non-hydrogen) atoms. The smallest absolute Gasteiger partial charge is 0.389 e. The van der Waals surface area contributed by atoms with E-state index in [-0.39, 0.29) is 6.54 Å². The van der Waals surface area contributed by atoms with Gasteiger partial charge in [0.05, 0.1) is 12.1 Å². The lowest BCUT2D eigenvalue weighted by Crippen LogP contribution is -2.30. The van der Waals surface area contributed by atoms with Crippen LogP contribution in [-0.4, -0.2) is 43.4 Å². The average molecular weight is 222 g/mol. The lowest BCUT2D eigenvalue weighted by Gasteiger charge is -2.16. The third kappa shape index (κ3) is 3.40. The summed E-state index contributed by atoms with van der Waals surface area (Å²) in [6, 6.07) is 0. The minimum Gasteiger partial charge on any atom is -0.389 e. The summed E-state index contributed by atoms with van der Waals surface area (Å²) in [6.45, 7) is 2.11. The van der Waals surface area contributed by atoms with Gasteiger partial charge in [-0.25, -0.2) is 4.79 Å². The number of hydrogen-bond acceptors (Lipinski definition) is 6. The van der Waals surface area contributed by atoms with Gasteiger partial charge in [0.15, 0.2) is 0 Å². The van der Waals surface area contributed by atoms with Crippen LogP contribution in [0, 0.1) is 0 Å². The second-order valence-electron chi connectivity index (χ2n) is 3.28. The highest BCUT2D eigenvalue weighted by Gasteiger charge is 2.33. The summed E-state index contributed by atoms with van der Waals surface area (Å²) in [5, 5.41) is 10.7. The Kier molecular flexibility index (Phi) is 3.19. The van der Waals surface area contributed by atoms with Crippen LogP contribution >= 0.6 is 0 Å². The summed E-state index contributed by atoms with van der Waals surface area (Å²) in [5.74, 6) is 0. The van der Waals surface area contributed by atoms with E-state index >= 15 is 0 Å². The molecule has 1 aliphatic heterocycles. The molecule has 0 aromatic carbocycles. The fourth-order valence-corrected chi connectivity index (χ4v) is 1.32. The first-order chi connectivity index (χ1) is 6.39. The number of carbonyl (C=O) groups excluding carboxylic acids is 1. The Bertz CT molecular complexity index is 352. The first-order valence-electron chi connectivity index (χ1n) is 3.89. The second kappa shape index (κ2) is 4.03. The summed E-state index contributed by atoms with van der Waals surface area (Å²) in [4.78, 5) is 15.2. The summed E-state index contributed by atoms with van der Waals surface area (Å²) < 4.78 is 22.6. The molecule has 1 N–H and O–H groups in total. The molecule has 7 nitrogen and oxygen atoms in total. The predicted octanol–water partition coefficient (Wildman–Crippen LogP) is -0.443. The monoisotopic (exact) mass is 222 g/mol. The van der Waals surface area contributed by atoms with Gasteiger partial charge in [-0.2, -0.15) is 8.42 Å². The average Bonchev–Trinajstić information content (AvgIpc) is 2.27. The molecule has 0 aromatic rings. The molecule has 1 rings (SSSR count). The number of aliphatic hydroxyl groups is 1. The molecule has 0 saturated carbocycles. The number of hydrogen-bond donors (Lipinski definition) is 1. The molecular weight excluding hydrogens is 212 g/mol. The molecule has 0 bridgehead atoms. The standard InChI is InChI=1S/C6H10N2O5S/c1-6(10)2-3-8(4-6)13-5(9)7-14(11)12/h10H,2-4H2,1H3. The zero-order valence-corrected chi connectivity index (χ0v) is 8.32. The number of rotatable bonds is 1. The van der Waals surface area contributed by atoms with Crippen molar-refractivity contribution in [3.63, 3.8) is 0 Å². The van der Waals surface area contributed by atoms with E-state index in [9.17, 15) is 18.3 Å². The third-order valence-corrected chi connectivity index (χ3v) is 2.07. The van der Waals surface area contributed by atoms with Crippen LogP contribution in [-0.2, 0) is 15.3 Å². The molecule has 1 unspecified atom stereocenters. The number of carbonyl (C=O) groups is 1. The van der Waals surface area contributed by atoms with E-state index in [2.05, 4.69) is 9.20 Å². The van der Waals surface area contributed by atoms with Crippen molar-refractivity contribution < 1.29 is 23.2 Å². The van der Waals surface area contributed by atoms with E-state index in [0.29, 0.717) is 13.0 Å². The number of β-amino-alcohol motifs (C(OH)–C–C–N with tert-alkyl or cyclic N) is 1. The molecular formula is C6H10N2O5S. The maximum atomic E-state index is 10.7. The number of amides is 1. The second-order valence-corrected chi connectivity index (χ2v) is 3.89. The van der Waals surface area contributed by atoms with E-state index in [1.54, 1.807) is 6.92 Å². The summed E-state index contributed by atoms with van der Waals surface area (Å²) in [6.07, 6.45) is -0.739. The quantitative estimate of drug-likeness (QED) is 0.646. The van der Waals surface area contributed by atoms with Crippen molar-refractivity contribution in [2.24, 2.45) is 4.36 Å². The molecule has 0 radical (unpaired) electrons. The van der Waals surface area contributed by atoms with Crippen LogP contribution in [0.4, 0.5) is 4.79 Å². The summed E-state index contributed by atoms with van der Waals surface area (Å²) in [5.41, 5.74) is -0.906. The molecule has 1 heterocycles. The largest absolute Gasteiger partial charge is 0.467 e. The molecule has 0 spiro atoms. The molecule has 0 aromatic heterocycles. The van der Waals surface area contributed by atoms with Crippen LogP contribution in [0.5, 0.6) is 0 Å². The zero-order valence-electron chi connectivity index (χ0n) is 7.50. The van der Waals surface area contributed by atoms with E-state index in [1.807, 2.05) is 0 Å². The molecule has 8 heteroatoms. The van der Waals surface area contributed by atoms with Crippen LogP contribution in [0.25, 0.3) is 0 Å². The van der Waals surface area contributed by atoms with Crippen molar-refractivity contribution >= 4 is 16.6 Å². The lowest BCUT2D eigenvalue weighted by atomic mass is 10.1. The van der Waals surface area contributed by atoms with E-state index in [0.717, 1.165) is 0 Å². The Morgan fingerprint density at radius 2 is 2.29 bits per heavy atom. The van der Waals surface area contributed by atoms with E-state index < -0.39 is 22.2 Å². The van der Waals surface area contributed by atoms with Gasteiger partial charge in [-0.05, 0) is 13.3 Å². The van der Waals surface area contributed by atoms with E-state index in [1.165, 1.54) is 5.06 Å². The lowest BCUT2D eigenvalue weighted by molar-refractivity contribution is -0.0918. The minimum atomic E-state index is -2.80. The maximum Gasteiger partial charge on any atom is 0.467 e. The van der Waals surface area contributed by atoms with Crippen LogP contribution in [0.15, 0.2) is 4.36 Å². The fraction of sp³-hybridized carbons (Fsp3) is 0.833. The minimum absolute atomic E-state index is 0.153. The Labute approximate surface area is 81.9 Å². The maximum absolute atomic E-state index is 10.7. The van der Waals surface area contributed by atoms with Gasteiger partial charge < -0.3 is 9.94 Å². The number of hydroxylamine groups is 2. The molecule has 1 saturated heterocycles. The van der Waals surface area contributed by atoms with Gasteiger partial charge >= 0.3 is 16.6 Å². The van der Waals surface area contributed by atoms with Gasteiger partial charge in [-0.15, -0.1) is 5.06 Å².